The highest BCUT2D eigenvalue weighted by atomic mass is 79.9. The Morgan fingerprint density at radius 1 is 1.10 bits per heavy atom. The van der Waals surface area contributed by atoms with Crippen LogP contribution < -0.4 is 10.5 Å². The number of halogens is 1. The van der Waals surface area contributed by atoms with E-state index in [1.165, 1.54) is 5.56 Å². The van der Waals surface area contributed by atoms with Gasteiger partial charge in [0.25, 0.3) is 0 Å². The van der Waals surface area contributed by atoms with Crippen molar-refractivity contribution < 1.29 is 4.74 Å². The first-order valence-corrected chi connectivity index (χ1v) is 8.20. The monoisotopic (exact) mass is 347 g/mol. The Hall–Kier alpha value is -1.32. The maximum absolute atomic E-state index is 6.28. The lowest BCUT2D eigenvalue weighted by Crippen LogP contribution is -2.31. The number of nitrogens with two attached hydrogens (primary N) is 1. The van der Waals surface area contributed by atoms with Gasteiger partial charge in [-0.2, -0.15) is 0 Å². The molecule has 21 heavy (non-hydrogen) atoms. The first-order chi connectivity index (χ1) is 10.1. The van der Waals surface area contributed by atoms with E-state index in [2.05, 4.69) is 54.0 Å². The van der Waals surface area contributed by atoms with Gasteiger partial charge in [-0.15, -0.1) is 0 Å². The fourth-order valence-corrected chi connectivity index (χ4v) is 2.70. The molecular formula is C18H22BrNO. The van der Waals surface area contributed by atoms with Crippen LogP contribution in [-0.2, 0) is 6.42 Å². The number of hydrogen-bond acceptors (Lipinski definition) is 2. The van der Waals surface area contributed by atoms with Gasteiger partial charge in [0.2, 0.25) is 0 Å². The summed E-state index contributed by atoms with van der Waals surface area (Å²) in [6.45, 7) is 4.23. The molecule has 0 bridgehead atoms. The van der Waals surface area contributed by atoms with Gasteiger partial charge in [-0.3, -0.25) is 0 Å². The molecule has 0 aliphatic carbocycles. The van der Waals surface area contributed by atoms with Gasteiger partial charge in [0.1, 0.15) is 11.9 Å². The van der Waals surface area contributed by atoms with Crippen LogP contribution in [0.4, 0.5) is 0 Å². The number of rotatable bonds is 6. The average molecular weight is 348 g/mol. The maximum atomic E-state index is 6.28. The van der Waals surface area contributed by atoms with Crippen LogP contribution in [0.5, 0.6) is 5.75 Å². The minimum absolute atomic E-state index is 0.0374. The van der Waals surface area contributed by atoms with Gasteiger partial charge in [-0.25, -0.2) is 0 Å². The molecule has 2 rings (SSSR count). The molecule has 0 aliphatic heterocycles. The van der Waals surface area contributed by atoms with Crippen LogP contribution in [0.3, 0.4) is 0 Å². The topological polar surface area (TPSA) is 35.2 Å². The van der Waals surface area contributed by atoms with E-state index in [4.69, 9.17) is 10.5 Å². The third-order valence-corrected chi connectivity index (χ3v) is 4.10. The molecule has 2 N–H and O–H groups in total. The molecule has 3 heteroatoms. The Morgan fingerprint density at radius 3 is 2.52 bits per heavy atom. The molecule has 0 saturated carbocycles. The van der Waals surface area contributed by atoms with Crippen molar-refractivity contribution in [1.82, 2.24) is 0 Å². The molecule has 2 aromatic rings. The molecule has 2 nitrogen and oxygen atoms in total. The van der Waals surface area contributed by atoms with Gasteiger partial charge < -0.3 is 10.5 Å². The maximum Gasteiger partial charge on any atom is 0.139 e. The summed E-state index contributed by atoms with van der Waals surface area (Å²) in [6.07, 6.45) is 1.73. The Labute approximate surface area is 135 Å². The fraction of sp³-hybridized carbons (Fsp3) is 0.333. The van der Waals surface area contributed by atoms with Gasteiger partial charge in [0.05, 0.1) is 0 Å². The van der Waals surface area contributed by atoms with Crippen molar-refractivity contribution >= 4 is 15.9 Å². The summed E-state index contributed by atoms with van der Waals surface area (Å²) in [5.74, 6) is 0.878. The van der Waals surface area contributed by atoms with Crippen molar-refractivity contribution in [3.8, 4) is 5.75 Å². The average Bonchev–Trinajstić information content (AvgIpc) is 2.52. The molecule has 2 atom stereocenters. The molecule has 0 radical (unpaired) electrons. The molecule has 112 valence electrons. The lowest BCUT2D eigenvalue weighted by atomic mass is 10.0. The third kappa shape index (κ3) is 4.32. The SMILES string of the molecule is CCc1cccc(OC(c2cccc(Br)c2)C(N)CC)c1. The largest absolute Gasteiger partial charge is 0.484 e. The second kappa shape index (κ2) is 7.62. The molecule has 0 aromatic heterocycles. The predicted molar refractivity (Wildman–Crippen MR) is 91.6 cm³/mol. The van der Waals surface area contributed by atoms with E-state index in [-0.39, 0.29) is 12.1 Å². The zero-order valence-corrected chi connectivity index (χ0v) is 14.1. The highest BCUT2D eigenvalue weighted by Gasteiger charge is 2.20. The van der Waals surface area contributed by atoms with E-state index in [0.717, 1.165) is 28.6 Å². The molecule has 0 spiro atoms. The van der Waals surface area contributed by atoms with Crippen molar-refractivity contribution in [1.29, 1.82) is 0 Å². The number of ether oxygens (including phenoxy) is 1. The molecule has 0 amide bonds. The minimum Gasteiger partial charge on any atom is -0.484 e. The Kier molecular flexibility index (Phi) is 5.83. The molecule has 0 fully saturated rings. The number of hydrogen-bond donors (Lipinski definition) is 1. The molecular weight excluding hydrogens is 326 g/mol. The van der Waals surface area contributed by atoms with Gasteiger partial charge in [0, 0.05) is 10.5 Å². The van der Waals surface area contributed by atoms with Crippen LogP contribution in [-0.4, -0.2) is 6.04 Å². The highest BCUT2D eigenvalue weighted by Crippen LogP contribution is 2.28. The summed E-state index contributed by atoms with van der Waals surface area (Å²) >= 11 is 3.51. The third-order valence-electron chi connectivity index (χ3n) is 3.61. The van der Waals surface area contributed by atoms with E-state index in [0.29, 0.717) is 0 Å². The van der Waals surface area contributed by atoms with Crippen molar-refractivity contribution in [2.75, 3.05) is 0 Å². The Balaban J connectivity index is 2.28. The van der Waals surface area contributed by atoms with Crippen LogP contribution in [0.15, 0.2) is 53.0 Å². The second-order valence-corrected chi connectivity index (χ2v) is 6.08. The van der Waals surface area contributed by atoms with Gasteiger partial charge >= 0.3 is 0 Å². The van der Waals surface area contributed by atoms with Crippen LogP contribution in [0.2, 0.25) is 0 Å². The predicted octanol–water partition coefficient (Wildman–Crippen LogP) is 4.87. The fourth-order valence-electron chi connectivity index (χ4n) is 2.29. The summed E-state index contributed by atoms with van der Waals surface area (Å²) in [7, 11) is 0. The van der Waals surface area contributed by atoms with Crippen LogP contribution in [0.25, 0.3) is 0 Å². The first-order valence-electron chi connectivity index (χ1n) is 7.40. The second-order valence-electron chi connectivity index (χ2n) is 5.17. The van der Waals surface area contributed by atoms with Crippen molar-refractivity contribution in [3.05, 3.63) is 64.1 Å². The lowest BCUT2D eigenvalue weighted by molar-refractivity contribution is 0.171. The molecule has 0 aliphatic rings. The summed E-state index contributed by atoms with van der Waals surface area (Å²) in [5.41, 5.74) is 8.64. The summed E-state index contributed by atoms with van der Waals surface area (Å²) in [4.78, 5) is 0. The summed E-state index contributed by atoms with van der Waals surface area (Å²) in [6, 6.07) is 16.4. The summed E-state index contributed by atoms with van der Waals surface area (Å²) < 4.78 is 7.25. The van der Waals surface area contributed by atoms with Crippen molar-refractivity contribution in [2.45, 2.75) is 38.8 Å². The smallest absolute Gasteiger partial charge is 0.139 e. The lowest BCUT2D eigenvalue weighted by Gasteiger charge is -2.25. The van der Waals surface area contributed by atoms with E-state index in [9.17, 15) is 0 Å². The molecule has 0 saturated heterocycles. The van der Waals surface area contributed by atoms with Crippen LogP contribution in [0, 0.1) is 0 Å². The van der Waals surface area contributed by atoms with Crippen LogP contribution >= 0.6 is 15.9 Å². The number of benzene rings is 2. The normalized spacial score (nSPS) is 13.7. The zero-order valence-electron chi connectivity index (χ0n) is 12.6. The van der Waals surface area contributed by atoms with Gasteiger partial charge in [-0.1, -0.05) is 54.0 Å². The molecule has 2 unspecified atom stereocenters. The Morgan fingerprint density at radius 2 is 1.86 bits per heavy atom. The van der Waals surface area contributed by atoms with E-state index in [1.807, 2.05) is 24.3 Å². The quantitative estimate of drug-likeness (QED) is 0.808. The molecule has 2 aromatic carbocycles. The van der Waals surface area contributed by atoms with E-state index >= 15 is 0 Å². The standard InChI is InChI=1S/C18H22BrNO/c1-3-13-7-5-10-16(11-13)21-18(17(20)4-2)14-8-6-9-15(19)12-14/h5-12,17-18H,3-4,20H2,1-2H3. The number of aryl methyl sites for hydroxylation is 1. The van der Waals surface area contributed by atoms with Gasteiger partial charge in [0.15, 0.2) is 0 Å². The zero-order chi connectivity index (χ0) is 15.2. The van der Waals surface area contributed by atoms with E-state index < -0.39 is 0 Å². The Bertz CT molecular complexity index is 585. The van der Waals surface area contributed by atoms with Crippen LogP contribution in [0.1, 0.15) is 37.5 Å². The van der Waals surface area contributed by atoms with Gasteiger partial charge in [-0.05, 0) is 48.2 Å². The summed E-state index contributed by atoms with van der Waals surface area (Å²) in [5, 5.41) is 0. The van der Waals surface area contributed by atoms with E-state index in [1.54, 1.807) is 0 Å². The highest BCUT2D eigenvalue weighted by molar-refractivity contribution is 9.10. The first kappa shape index (κ1) is 16.1. The van der Waals surface area contributed by atoms with Crippen molar-refractivity contribution in [2.24, 2.45) is 5.73 Å². The van der Waals surface area contributed by atoms with Crippen molar-refractivity contribution in [3.63, 3.8) is 0 Å². The molecule has 0 heterocycles. The minimum atomic E-state index is -0.139.